The van der Waals surface area contributed by atoms with Crippen LogP contribution in [0.1, 0.15) is 67.5 Å². The number of aliphatic hydroxyl groups excluding tert-OH is 2. The molecule has 2 fully saturated rings. The summed E-state index contributed by atoms with van der Waals surface area (Å²) in [6.45, 7) is 0. The van der Waals surface area contributed by atoms with E-state index in [1.165, 1.54) is 17.7 Å². The van der Waals surface area contributed by atoms with Crippen LogP contribution in [0.5, 0.6) is 0 Å². The van der Waals surface area contributed by atoms with Crippen molar-refractivity contribution in [3.05, 3.63) is 23.1 Å². The maximum absolute atomic E-state index is 10.8. The number of fused-ring (bicyclic) bond motifs is 1. The van der Waals surface area contributed by atoms with Gasteiger partial charge in [-0.05, 0) is 56.8 Å². The molecule has 5 heteroatoms. The van der Waals surface area contributed by atoms with Gasteiger partial charge in [-0.1, -0.05) is 0 Å². The third-order valence-electron chi connectivity index (χ3n) is 4.97. The van der Waals surface area contributed by atoms with Gasteiger partial charge in [0.1, 0.15) is 11.2 Å². The standard InChI is InChI=1S/C16H22N2O2S/c19-12-5-1-10(2-6-12)7-13(20)15-16(11-3-4-11)21-14-8-17-9-18(14)15/h8-13,19-20H,1-7H2. The second kappa shape index (κ2) is 5.38. The van der Waals surface area contributed by atoms with E-state index in [0.29, 0.717) is 11.8 Å². The van der Waals surface area contributed by atoms with Gasteiger partial charge in [-0.15, -0.1) is 11.3 Å². The van der Waals surface area contributed by atoms with Crippen molar-refractivity contribution in [2.45, 2.75) is 63.1 Å². The summed E-state index contributed by atoms with van der Waals surface area (Å²) < 4.78 is 2.08. The molecule has 2 aromatic heterocycles. The summed E-state index contributed by atoms with van der Waals surface area (Å²) in [7, 11) is 0. The number of hydrogen-bond donors (Lipinski definition) is 2. The van der Waals surface area contributed by atoms with Gasteiger partial charge in [0, 0.05) is 4.88 Å². The smallest absolute Gasteiger partial charge is 0.120 e. The van der Waals surface area contributed by atoms with Gasteiger partial charge >= 0.3 is 0 Å². The Hall–Kier alpha value is -0.910. The first-order valence-electron chi connectivity index (χ1n) is 8.03. The predicted octanol–water partition coefficient (Wildman–Crippen LogP) is 3.25. The Labute approximate surface area is 128 Å². The fourth-order valence-electron chi connectivity index (χ4n) is 3.59. The van der Waals surface area contributed by atoms with Gasteiger partial charge in [0.2, 0.25) is 0 Å². The molecule has 114 valence electrons. The summed E-state index contributed by atoms with van der Waals surface area (Å²) in [5, 5.41) is 20.4. The molecule has 4 nitrogen and oxygen atoms in total. The summed E-state index contributed by atoms with van der Waals surface area (Å²) in [5.41, 5.74) is 1.08. The van der Waals surface area contributed by atoms with Crippen molar-refractivity contribution in [1.29, 1.82) is 0 Å². The SMILES string of the molecule is OC1CCC(CC(O)c2c(C3CC3)sc3cncn23)CC1. The quantitative estimate of drug-likeness (QED) is 0.911. The van der Waals surface area contributed by atoms with E-state index in [-0.39, 0.29) is 6.10 Å². The first kappa shape index (κ1) is 13.7. The zero-order valence-corrected chi connectivity index (χ0v) is 12.9. The van der Waals surface area contributed by atoms with Gasteiger partial charge in [-0.25, -0.2) is 4.98 Å². The minimum absolute atomic E-state index is 0.123. The Morgan fingerprint density at radius 1 is 1.24 bits per heavy atom. The third-order valence-corrected chi connectivity index (χ3v) is 6.24. The molecule has 2 heterocycles. The molecule has 2 N–H and O–H groups in total. The van der Waals surface area contributed by atoms with Crippen LogP contribution < -0.4 is 0 Å². The lowest BCUT2D eigenvalue weighted by Crippen LogP contribution is -2.20. The number of nitrogens with zero attached hydrogens (tertiary/aromatic N) is 2. The second-order valence-electron chi connectivity index (χ2n) is 6.65. The van der Waals surface area contributed by atoms with E-state index in [4.69, 9.17) is 0 Å². The van der Waals surface area contributed by atoms with Crippen LogP contribution in [-0.2, 0) is 0 Å². The predicted molar refractivity (Wildman–Crippen MR) is 82.6 cm³/mol. The third kappa shape index (κ3) is 2.62. The lowest BCUT2D eigenvalue weighted by atomic mass is 9.83. The van der Waals surface area contributed by atoms with Crippen LogP contribution in [0, 0.1) is 5.92 Å². The summed E-state index contributed by atoms with van der Waals surface area (Å²) in [6, 6.07) is 0. The molecule has 0 amide bonds. The van der Waals surface area contributed by atoms with Gasteiger partial charge in [-0.2, -0.15) is 0 Å². The Balaban J connectivity index is 1.56. The van der Waals surface area contributed by atoms with Gasteiger partial charge < -0.3 is 10.2 Å². The van der Waals surface area contributed by atoms with E-state index in [9.17, 15) is 10.2 Å². The maximum Gasteiger partial charge on any atom is 0.120 e. The largest absolute Gasteiger partial charge is 0.393 e. The highest BCUT2D eigenvalue weighted by molar-refractivity contribution is 7.17. The van der Waals surface area contributed by atoms with Crippen molar-refractivity contribution >= 4 is 16.2 Å². The minimum Gasteiger partial charge on any atom is -0.393 e. The van der Waals surface area contributed by atoms with E-state index in [1.54, 1.807) is 11.3 Å². The van der Waals surface area contributed by atoms with E-state index in [1.807, 2.05) is 12.5 Å². The number of hydrogen-bond acceptors (Lipinski definition) is 4. The van der Waals surface area contributed by atoms with Crippen LogP contribution in [0.2, 0.25) is 0 Å². The topological polar surface area (TPSA) is 57.8 Å². The fraction of sp³-hybridized carbons (Fsp3) is 0.688. The van der Waals surface area contributed by atoms with Crippen LogP contribution in [0.4, 0.5) is 0 Å². The summed E-state index contributed by atoms with van der Waals surface area (Å²) in [5.74, 6) is 1.20. The number of aromatic nitrogens is 2. The first-order chi connectivity index (χ1) is 10.2. The van der Waals surface area contributed by atoms with Gasteiger partial charge in [0.15, 0.2) is 0 Å². The normalized spacial score (nSPS) is 28.1. The van der Waals surface area contributed by atoms with Crippen LogP contribution >= 0.6 is 11.3 Å². The molecule has 1 unspecified atom stereocenters. The molecule has 1 atom stereocenters. The highest BCUT2D eigenvalue weighted by Crippen LogP contribution is 2.48. The molecule has 0 radical (unpaired) electrons. The highest BCUT2D eigenvalue weighted by atomic mass is 32.1. The van der Waals surface area contributed by atoms with Crippen molar-refractivity contribution in [2.24, 2.45) is 5.92 Å². The lowest BCUT2D eigenvalue weighted by Gasteiger charge is -2.27. The molecule has 2 aliphatic rings. The minimum atomic E-state index is -0.399. The van der Waals surface area contributed by atoms with Gasteiger partial charge in [-0.3, -0.25) is 4.40 Å². The average Bonchev–Trinajstić information content (AvgIpc) is 3.10. The summed E-state index contributed by atoms with van der Waals surface area (Å²) in [4.78, 5) is 6.73. The van der Waals surface area contributed by atoms with Crippen molar-refractivity contribution in [1.82, 2.24) is 9.38 Å². The second-order valence-corrected chi connectivity index (χ2v) is 7.72. The number of rotatable bonds is 4. The number of imidazole rings is 1. The van der Waals surface area contributed by atoms with Crippen molar-refractivity contribution < 1.29 is 10.2 Å². The lowest BCUT2D eigenvalue weighted by molar-refractivity contribution is 0.0781. The van der Waals surface area contributed by atoms with Crippen LogP contribution in [0.15, 0.2) is 12.5 Å². The molecule has 0 aromatic carbocycles. The van der Waals surface area contributed by atoms with Crippen molar-refractivity contribution in [3.63, 3.8) is 0 Å². The molecule has 0 saturated heterocycles. The van der Waals surface area contributed by atoms with Crippen molar-refractivity contribution in [3.8, 4) is 0 Å². The molecule has 21 heavy (non-hydrogen) atoms. The highest BCUT2D eigenvalue weighted by Gasteiger charge is 2.33. The van der Waals surface area contributed by atoms with Crippen LogP contribution in [0.3, 0.4) is 0 Å². The molecule has 0 aliphatic heterocycles. The molecular weight excluding hydrogens is 284 g/mol. The number of thiazole rings is 1. The van der Waals surface area contributed by atoms with E-state index >= 15 is 0 Å². The molecule has 2 saturated carbocycles. The molecule has 2 aromatic rings. The van der Waals surface area contributed by atoms with Crippen molar-refractivity contribution in [2.75, 3.05) is 0 Å². The Bertz CT molecular complexity index is 623. The van der Waals surface area contributed by atoms with Gasteiger partial charge in [0.05, 0.1) is 24.1 Å². The Morgan fingerprint density at radius 2 is 2.00 bits per heavy atom. The van der Waals surface area contributed by atoms with Crippen LogP contribution in [-0.4, -0.2) is 25.7 Å². The summed E-state index contributed by atoms with van der Waals surface area (Å²) in [6.07, 6.45) is 10.4. The molecule has 0 bridgehead atoms. The Kier molecular flexibility index (Phi) is 3.52. The maximum atomic E-state index is 10.8. The summed E-state index contributed by atoms with van der Waals surface area (Å²) >= 11 is 1.79. The molecule has 4 rings (SSSR count). The zero-order chi connectivity index (χ0) is 14.4. The fourth-order valence-corrected chi connectivity index (χ4v) is 4.92. The average molecular weight is 306 g/mol. The monoisotopic (exact) mass is 306 g/mol. The van der Waals surface area contributed by atoms with E-state index < -0.39 is 6.10 Å². The van der Waals surface area contributed by atoms with Crippen LogP contribution in [0.25, 0.3) is 4.83 Å². The van der Waals surface area contributed by atoms with E-state index in [0.717, 1.165) is 42.6 Å². The van der Waals surface area contributed by atoms with Gasteiger partial charge in [0.25, 0.3) is 0 Å². The Morgan fingerprint density at radius 3 is 2.71 bits per heavy atom. The number of aliphatic hydroxyl groups is 2. The zero-order valence-electron chi connectivity index (χ0n) is 12.1. The molecule has 0 spiro atoms. The first-order valence-corrected chi connectivity index (χ1v) is 8.84. The molecule has 2 aliphatic carbocycles. The molecular formula is C16H22N2O2S. The van der Waals surface area contributed by atoms with E-state index in [2.05, 4.69) is 9.38 Å².